The molecule has 0 aromatic heterocycles. The molecule has 2 nitrogen and oxygen atoms in total. The fourth-order valence-corrected chi connectivity index (χ4v) is 3.47. The van der Waals surface area contributed by atoms with Gasteiger partial charge in [0.25, 0.3) is 0 Å². The van der Waals surface area contributed by atoms with Crippen LogP contribution in [0.2, 0.25) is 0 Å². The number of halogens is 1. The summed E-state index contributed by atoms with van der Waals surface area (Å²) >= 11 is 0. The number of hydrogen-bond donors (Lipinski definition) is 2. The quantitative estimate of drug-likeness (QED) is 0.859. The summed E-state index contributed by atoms with van der Waals surface area (Å²) in [5.74, 6) is 0.460. The zero-order chi connectivity index (χ0) is 15.7. The Morgan fingerprint density at radius 1 is 1.24 bits per heavy atom. The van der Waals surface area contributed by atoms with E-state index in [4.69, 9.17) is 0 Å². The van der Waals surface area contributed by atoms with E-state index in [-0.39, 0.29) is 18.0 Å². The molecule has 0 aliphatic heterocycles. The normalized spacial score (nSPS) is 26.7. The Morgan fingerprint density at radius 3 is 2.33 bits per heavy atom. The molecule has 1 saturated carbocycles. The Morgan fingerprint density at radius 2 is 1.86 bits per heavy atom. The van der Waals surface area contributed by atoms with Crippen molar-refractivity contribution in [2.24, 2.45) is 11.3 Å². The maximum Gasteiger partial charge on any atom is 0.125 e. The summed E-state index contributed by atoms with van der Waals surface area (Å²) in [6.07, 6.45) is 4.07. The van der Waals surface area contributed by atoms with Crippen molar-refractivity contribution in [1.82, 2.24) is 0 Å². The molecule has 2 rings (SSSR count). The zero-order valence-corrected chi connectivity index (χ0v) is 13.7. The van der Waals surface area contributed by atoms with Gasteiger partial charge >= 0.3 is 0 Å². The largest absolute Gasteiger partial charge is 0.394 e. The lowest BCUT2D eigenvalue weighted by atomic mass is 9.67. The summed E-state index contributed by atoms with van der Waals surface area (Å²) in [6, 6.07) is 4.98. The first kappa shape index (κ1) is 16.3. The van der Waals surface area contributed by atoms with Crippen LogP contribution in [0.4, 0.5) is 10.1 Å². The van der Waals surface area contributed by atoms with Crippen LogP contribution in [-0.4, -0.2) is 17.3 Å². The second kappa shape index (κ2) is 5.96. The number of benzene rings is 1. The van der Waals surface area contributed by atoms with Gasteiger partial charge in [0.2, 0.25) is 0 Å². The smallest absolute Gasteiger partial charge is 0.125 e. The van der Waals surface area contributed by atoms with Crippen molar-refractivity contribution in [3.05, 3.63) is 29.6 Å². The van der Waals surface area contributed by atoms with Gasteiger partial charge in [-0.15, -0.1) is 0 Å². The summed E-state index contributed by atoms with van der Waals surface area (Å²) in [6.45, 7) is 8.84. The van der Waals surface area contributed by atoms with E-state index >= 15 is 0 Å². The van der Waals surface area contributed by atoms with Crippen LogP contribution in [0.25, 0.3) is 0 Å². The SMILES string of the molecule is Cc1cc(F)cc(NC2(CO)CCC(C(C)(C)C)CC2)c1. The van der Waals surface area contributed by atoms with Crippen LogP contribution >= 0.6 is 0 Å². The lowest BCUT2D eigenvalue weighted by Crippen LogP contribution is -2.46. The van der Waals surface area contributed by atoms with Gasteiger partial charge < -0.3 is 10.4 Å². The molecule has 0 unspecified atom stereocenters. The highest BCUT2D eigenvalue weighted by molar-refractivity contribution is 5.48. The molecular formula is C18H28FNO. The molecule has 0 radical (unpaired) electrons. The van der Waals surface area contributed by atoms with Gasteiger partial charge in [0, 0.05) is 5.69 Å². The molecular weight excluding hydrogens is 265 g/mol. The van der Waals surface area contributed by atoms with E-state index in [9.17, 15) is 9.50 Å². The van der Waals surface area contributed by atoms with Crippen molar-refractivity contribution in [3.63, 3.8) is 0 Å². The van der Waals surface area contributed by atoms with Gasteiger partial charge in [0.05, 0.1) is 12.1 Å². The molecule has 0 amide bonds. The highest BCUT2D eigenvalue weighted by Gasteiger charge is 2.38. The number of aryl methyl sites for hydroxylation is 1. The minimum absolute atomic E-state index is 0.0967. The van der Waals surface area contributed by atoms with Crippen LogP contribution in [0.1, 0.15) is 52.0 Å². The molecule has 1 aliphatic rings. The van der Waals surface area contributed by atoms with E-state index in [1.54, 1.807) is 0 Å². The topological polar surface area (TPSA) is 32.3 Å². The second-order valence-corrected chi connectivity index (χ2v) is 7.72. The number of aliphatic hydroxyl groups excluding tert-OH is 1. The third-order valence-electron chi connectivity index (χ3n) is 4.92. The standard InChI is InChI=1S/C18H28FNO/c1-13-9-15(19)11-16(10-13)20-18(12-21)7-5-14(6-8-18)17(2,3)4/h9-11,14,20-21H,5-8,12H2,1-4H3. The second-order valence-electron chi connectivity index (χ2n) is 7.72. The van der Waals surface area contributed by atoms with Crippen molar-refractivity contribution < 1.29 is 9.50 Å². The van der Waals surface area contributed by atoms with Crippen molar-refractivity contribution in [2.45, 2.75) is 58.9 Å². The van der Waals surface area contributed by atoms with Gasteiger partial charge in [-0.05, 0) is 67.7 Å². The van der Waals surface area contributed by atoms with Crippen LogP contribution in [-0.2, 0) is 0 Å². The lowest BCUT2D eigenvalue weighted by Gasteiger charge is -2.44. The molecule has 0 spiro atoms. The van der Waals surface area contributed by atoms with Crippen molar-refractivity contribution in [2.75, 3.05) is 11.9 Å². The molecule has 2 N–H and O–H groups in total. The molecule has 118 valence electrons. The average molecular weight is 293 g/mol. The van der Waals surface area contributed by atoms with Gasteiger partial charge in [-0.2, -0.15) is 0 Å². The summed E-state index contributed by atoms with van der Waals surface area (Å²) in [4.78, 5) is 0. The first-order valence-electron chi connectivity index (χ1n) is 7.90. The first-order valence-corrected chi connectivity index (χ1v) is 7.90. The van der Waals surface area contributed by atoms with Crippen molar-refractivity contribution >= 4 is 5.69 Å². The predicted molar refractivity (Wildman–Crippen MR) is 86.0 cm³/mol. The highest BCUT2D eigenvalue weighted by atomic mass is 19.1. The first-order chi connectivity index (χ1) is 9.74. The van der Waals surface area contributed by atoms with E-state index in [0.29, 0.717) is 11.3 Å². The van der Waals surface area contributed by atoms with Crippen LogP contribution in [0.15, 0.2) is 18.2 Å². The van der Waals surface area contributed by atoms with Crippen LogP contribution in [0.5, 0.6) is 0 Å². The van der Waals surface area contributed by atoms with Crippen LogP contribution in [0.3, 0.4) is 0 Å². The Hall–Kier alpha value is -1.09. The molecule has 1 aliphatic carbocycles. The molecule has 1 aromatic rings. The van der Waals surface area contributed by atoms with Gasteiger partial charge in [0.15, 0.2) is 0 Å². The average Bonchev–Trinajstić information content (AvgIpc) is 2.37. The predicted octanol–water partition coefficient (Wildman–Crippen LogP) is 4.51. The molecule has 0 heterocycles. The maximum atomic E-state index is 13.5. The Labute approximate surface area is 127 Å². The van der Waals surface area contributed by atoms with Crippen LogP contribution in [0, 0.1) is 24.1 Å². The highest BCUT2D eigenvalue weighted by Crippen LogP contribution is 2.42. The minimum Gasteiger partial charge on any atom is -0.394 e. The van der Waals surface area contributed by atoms with Gasteiger partial charge in [-0.3, -0.25) is 0 Å². The van der Waals surface area contributed by atoms with Gasteiger partial charge in [0.1, 0.15) is 5.82 Å². The lowest BCUT2D eigenvalue weighted by molar-refractivity contribution is 0.104. The molecule has 3 heteroatoms. The Balaban J connectivity index is 2.10. The van der Waals surface area contributed by atoms with Gasteiger partial charge in [-0.25, -0.2) is 4.39 Å². The third kappa shape index (κ3) is 3.97. The molecule has 1 aromatic carbocycles. The molecule has 0 bridgehead atoms. The van der Waals surface area contributed by atoms with E-state index in [0.717, 1.165) is 36.9 Å². The number of hydrogen-bond acceptors (Lipinski definition) is 2. The number of aliphatic hydroxyl groups is 1. The summed E-state index contributed by atoms with van der Waals surface area (Å²) < 4.78 is 13.5. The Bertz CT molecular complexity index is 464. The van der Waals surface area contributed by atoms with Crippen molar-refractivity contribution in [1.29, 1.82) is 0 Å². The molecule has 0 saturated heterocycles. The molecule has 1 fully saturated rings. The van der Waals surface area contributed by atoms with Crippen molar-refractivity contribution in [3.8, 4) is 0 Å². The monoisotopic (exact) mass is 293 g/mol. The maximum absolute atomic E-state index is 13.5. The number of rotatable bonds is 3. The molecule has 0 atom stereocenters. The van der Waals surface area contributed by atoms with Gasteiger partial charge in [-0.1, -0.05) is 20.8 Å². The molecule has 21 heavy (non-hydrogen) atoms. The minimum atomic E-state index is -0.304. The summed E-state index contributed by atoms with van der Waals surface area (Å²) in [7, 11) is 0. The number of anilines is 1. The number of nitrogens with one attached hydrogen (secondary N) is 1. The zero-order valence-electron chi connectivity index (χ0n) is 13.7. The van der Waals surface area contributed by atoms with E-state index < -0.39 is 0 Å². The van der Waals surface area contributed by atoms with E-state index in [1.807, 2.05) is 13.0 Å². The summed E-state index contributed by atoms with van der Waals surface area (Å²) in [5, 5.41) is 13.3. The fraction of sp³-hybridized carbons (Fsp3) is 0.667. The van der Waals surface area contributed by atoms with Crippen LogP contribution < -0.4 is 5.32 Å². The third-order valence-corrected chi connectivity index (χ3v) is 4.92. The summed E-state index contributed by atoms with van der Waals surface area (Å²) in [5.41, 5.74) is 1.68. The Kier molecular flexibility index (Phi) is 4.62. The van der Waals surface area contributed by atoms with E-state index in [1.165, 1.54) is 12.1 Å². The fourth-order valence-electron chi connectivity index (χ4n) is 3.47. The van der Waals surface area contributed by atoms with E-state index in [2.05, 4.69) is 26.1 Å².